The fourth-order valence-corrected chi connectivity index (χ4v) is 2.69. The van der Waals surface area contributed by atoms with Crippen LogP contribution in [0.5, 0.6) is 0 Å². The zero-order chi connectivity index (χ0) is 19.4. The lowest BCUT2D eigenvalue weighted by atomic mass is 10.1. The topological polar surface area (TPSA) is 57.8 Å². The van der Waals surface area contributed by atoms with Crippen LogP contribution in [0.4, 0.5) is 13.2 Å². The van der Waals surface area contributed by atoms with E-state index in [4.69, 9.17) is 0 Å². The monoisotopic (exact) mass is 373 g/mol. The van der Waals surface area contributed by atoms with E-state index >= 15 is 0 Å². The summed E-state index contributed by atoms with van der Waals surface area (Å²) in [5, 5.41) is 2.81. The molecule has 7 heteroatoms. The molecule has 0 radical (unpaired) electrons. The van der Waals surface area contributed by atoms with Crippen molar-refractivity contribution < 1.29 is 18.0 Å². The maximum Gasteiger partial charge on any atom is 0.416 e. The quantitative estimate of drug-likeness (QED) is 0.663. The van der Waals surface area contributed by atoms with E-state index < -0.39 is 17.6 Å². The third-order valence-corrected chi connectivity index (χ3v) is 4.20. The molecule has 0 saturated carbocycles. The molecule has 140 valence electrons. The number of aromatic amines is 1. The molecule has 1 aromatic heterocycles. The molecule has 0 aliphatic carbocycles. The second-order valence-corrected chi connectivity index (χ2v) is 6.06. The van der Waals surface area contributed by atoms with Crippen LogP contribution in [0.15, 0.2) is 60.8 Å². The predicted octanol–water partition coefficient (Wildman–Crippen LogP) is 4.98. The third-order valence-electron chi connectivity index (χ3n) is 4.20. The van der Waals surface area contributed by atoms with Gasteiger partial charge in [0.2, 0.25) is 0 Å². The zero-order valence-corrected chi connectivity index (χ0v) is 14.5. The summed E-state index contributed by atoms with van der Waals surface area (Å²) in [5.74, 6) is 0.143. The molecule has 3 aromatic rings. The van der Waals surface area contributed by atoms with Crippen molar-refractivity contribution >= 4 is 5.91 Å². The number of alkyl halides is 3. The number of nitrogens with zero attached hydrogens (tertiary/aromatic N) is 1. The van der Waals surface area contributed by atoms with E-state index in [0.717, 1.165) is 23.4 Å². The van der Waals surface area contributed by atoms with Crippen molar-refractivity contribution in [3.63, 3.8) is 0 Å². The Balaban J connectivity index is 1.73. The van der Waals surface area contributed by atoms with Crippen LogP contribution in [0.3, 0.4) is 0 Å². The molecule has 3 rings (SSSR count). The summed E-state index contributed by atoms with van der Waals surface area (Å²) in [4.78, 5) is 19.9. The van der Waals surface area contributed by atoms with Gasteiger partial charge in [0.05, 0.1) is 23.5 Å². The standard InChI is InChI=1S/C20H18F3N3O/c1-2-16(18-24-12-17(25-18)13-6-4-3-5-7-13)26-19(27)14-8-10-15(11-9-14)20(21,22)23/h3-12,16H,2H2,1H3,(H,24,25)(H,26,27). The van der Waals surface area contributed by atoms with Crippen molar-refractivity contribution in [3.8, 4) is 11.3 Å². The van der Waals surface area contributed by atoms with E-state index in [9.17, 15) is 18.0 Å². The molecule has 0 saturated heterocycles. The Morgan fingerprint density at radius 2 is 1.78 bits per heavy atom. The highest BCUT2D eigenvalue weighted by atomic mass is 19.4. The van der Waals surface area contributed by atoms with Gasteiger partial charge in [-0.1, -0.05) is 37.3 Å². The Morgan fingerprint density at radius 3 is 2.37 bits per heavy atom. The van der Waals surface area contributed by atoms with Gasteiger partial charge in [-0.3, -0.25) is 4.79 Å². The molecule has 0 aliphatic heterocycles. The number of hydrogen-bond acceptors (Lipinski definition) is 2. The molecule has 0 spiro atoms. The Kier molecular flexibility index (Phi) is 5.30. The Hall–Kier alpha value is -3.09. The van der Waals surface area contributed by atoms with Crippen molar-refractivity contribution in [2.75, 3.05) is 0 Å². The highest BCUT2D eigenvalue weighted by Gasteiger charge is 2.30. The Labute approximate surface area is 154 Å². The fraction of sp³-hybridized carbons (Fsp3) is 0.200. The SMILES string of the molecule is CCC(NC(=O)c1ccc(C(F)(F)F)cc1)c1ncc(-c2ccccc2)[nH]1. The van der Waals surface area contributed by atoms with E-state index in [0.29, 0.717) is 12.2 Å². The van der Waals surface area contributed by atoms with E-state index in [1.165, 1.54) is 12.1 Å². The van der Waals surface area contributed by atoms with Crippen LogP contribution < -0.4 is 5.32 Å². The van der Waals surface area contributed by atoms with Crippen LogP contribution in [0.2, 0.25) is 0 Å². The summed E-state index contributed by atoms with van der Waals surface area (Å²) < 4.78 is 37.9. The first-order valence-corrected chi connectivity index (χ1v) is 8.47. The normalized spacial score (nSPS) is 12.6. The number of amides is 1. The summed E-state index contributed by atoms with van der Waals surface area (Å²) in [7, 11) is 0. The first-order valence-electron chi connectivity index (χ1n) is 8.47. The number of carbonyl (C=O) groups is 1. The van der Waals surface area contributed by atoms with Gasteiger partial charge in [-0.2, -0.15) is 13.2 Å². The Bertz CT molecular complexity index is 902. The zero-order valence-electron chi connectivity index (χ0n) is 14.5. The number of aromatic nitrogens is 2. The van der Waals surface area contributed by atoms with Gasteiger partial charge in [0.1, 0.15) is 5.82 Å². The number of carbonyl (C=O) groups excluding carboxylic acids is 1. The van der Waals surface area contributed by atoms with Gasteiger partial charge in [-0.05, 0) is 36.2 Å². The maximum absolute atomic E-state index is 12.6. The van der Waals surface area contributed by atoms with Crippen LogP contribution in [0.1, 0.15) is 41.1 Å². The number of rotatable bonds is 5. The minimum Gasteiger partial charge on any atom is -0.342 e. The van der Waals surface area contributed by atoms with Crippen molar-refractivity contribution in [2.24, 2.45) is 0 Å². The average Bonchev–Trinajstić information content (AvgIpc) is 3.16. The molecule has 1 heterocycles. The lowest BCUT2D eigenvalue weighted by molar-refractivity contribution is -0.137. The Morgan fingerprint density at radius 1 is 1.11 bits per heavy atom. The predicted molar refractivity (Wildman–Crippen MR) is 96.0 cm³/mol. The van der Waals surface area contributed by atoms with Crippen molar-refractivity contribution in [1.29, 1.82) is 0 Å². The second-order valence-electron chi connectivity index (χ2n) is 6.06. The fourth-order valence-electron chi connectivity index (χ4n) is 2.69. The minimum absolute atomic E-state index is 0.163. The summed E-state index contributed by atoms with van der Waals surface area (Å²) >= 11 is 0. The second kappa shape index (κ2) is 7.65. The average molecular weight is 373 g/mol. The number of benzene rings is 2. The van der Waals surface area contributed by atoms with E-state index in [1.54, 1.807) is 6.20 Å². The van der Waals surface area contributed by atoms with E-state index in [2.05, 4.69) is 15.3 Å². The van der Waals surface area contributed by atoms with Gasteiger partial charge in [0.25, 0.3) is 5.91 Å². The number of H-pyrrole nitrogens is 1. The van der Waals surface area contributed by atoms with E-state index in [1.807, 2.05) is 37.3 Å². The molecular formula is C20H18F3N3O. The molecule has 1 unspecified atom stereocenters. The molecule has 1 amide bonds. The van der Waals surface area contributed by atoms with Crippen LogP contribution in [0.25, 0.3) is 11.3 Å². The summed E-state index contributed by atoms with van der Waals surface area (Å²) in [6, 6.07) is 13.4. The maximum atomic E-state index is 12.6. The summed E-state index contributed by atoms with van der Waals surface area (Å²) in [5.41, 5.74) is 1.17. The van der Waals surface area contributed by atoms with Crippen molar-refractivity contribution in [2.45, 2.75) is 25.6 Å². The van der Waals surface area contributed by atoms with Gasteiger partial charge in [0.15, 0.2) is 0 Å². The molecule has 4 nitrogen and oxygen atoms in total. The van der Waals surface area contributed by atoms with Crippen LogP contribution in [0, 0.1) is 0 Å². The van der Waals surface area contributed by atoms with Gasteiger partial charge in [0, 0.05) is 5.56 Å². The van der Waals surface area contributed by atoms with Crippen LogP contribution >= 0.6 is 0 Å². The number of halogens is 3. The molecule has 0 fully saturated rings. The highest BCUT2D eigenvalue weighted by molar-refractivity contribution is 5.94. The molecule has 2 aromatic carbocycles. The van der Waals surface area contributed by atoms with Gasteiger partial charge < -0.3 is 10.3 Å². The molecule has 1 atom stereocenters. The van der Waals surface area contributed by atoms with Gasteiger partial charge >= 0.3 is 6.18 Å². The third kappa shape index (κ3) is 4.36. The minimum atomic E-state index is -4.43. The molecule has 2 N–H and O–H groups in total. The first-order chi connectivity index (χ1) is 12.9. The number of nitrogens with one attached hydrogen (secondary N) is 2. The lowest BCUT2D eigenvalue weighted by Crippen LogP contribution is -2.29. The van der Waals surface area contributed by atoms with Crippen molar-refractivity contribution in [1.82, 2.24) is 15.3 Å². The largest absolute Gasteiger partial charge is 0.416 e. The van der Waals surface area contributed by atoms with Crippen molar-refractivity contribution in [3.05, 3.63) is 77.7 Å². The summed E-state index contributed by atoms with van der Waals surface area (Å²) in [6.07, 6.45) is -2.16. The smallest absolute Gasteiger partial charge is 0.342 e. The molecule has 27 heavy (non-hydrogen) atoms. The molecule has 0 aliphatic rings. The van der Waals surface area contributed by atoms with Crippen LogP contribution in [-0.2, 0) is 6.18 Å². The van der Waals surface area contributed by atoms with E-state index in [-0.39, 0.29) is 11.6 Å². The first kappa shape index (κ1) is 18.7. The lowest BCUT2D eigenvalue weighted by Gasteiger charge is -2.15. The van der Waals surface area contributed by atoms with Gasteiger partial charge in [-0.25, -0.2) is 4.98 Å². The number of hydrogen-bond donors (Lipinski definition) is 2. The number of imidazole rings is 1. The molecule has 0 bridgehead atoms. The van der Waals surface area contributed by atoms with Gasteiger partial charge in [-0.15, -0.1) is 0 Å². The highest BCUT2D eigenvalue weighted by Crippen LogP contribution is 2.29. The molecular weight excluding hydrogens is 355 g/mol. The summed E-state index contributed by atoms with van der Waals surface area (Å²) in [6.45, 7) is 1.89. The van der Waals surface area contributed by atoms with Crippen LogP contribution in [-0.4, -0.2) is 15.9 Å².